The van der Waals surface area contributed by atoms with Crippen LogP contribution in [0.5, 0.6) is 5.75 Å². The molecule has 2 heterocycles. The highest BCUT2D eigenvalue weighted by Crippen LogP contribution is 2.32. The molecule has 2 aromatic carbocycles. The molecule has 3 aromatic rings. The second kappa shape index (κ2) is 9.34. The molecule has 0 spiro atoms. The number of fused-ring (bicyclic) bond motifs is 1. The summed E-state index contributed by atoms with van der Waals surface area (Å²) in [6.45, 7) is 1.64. The van der Waals surface area contributed by atoms with Crippen LogP contribution in [0.4, 0.5) is 18.9 Å². The van der Waals surface area contributed by atoms with Crippen LogP contribution in [0.3, 0.4) is 0 Å². The lowest BCUT2D eigenvalue weighted by Gasteiger charge is -2.22. The number of aromatic nitrogens is 1. The average molecular weight is 490 g/mol. The molecule has 10 heteroatoms. The van der Waals surface area contributed by atoms with E-state index < -0.39 is 23.8 Å². The third-order valence-electron chi connectivity index (χ3n) is 5.27. The van der Waals surface area contributed by atoms with E-state index in [2.05, 4.69) is 10.3 Å². The number of halogens is 4. The van der Waals surface area contributed by atoms with E-state index in [0.29, 0.717) is 22.6 Å². The fourth-order valence-electron chi connectivity index (χ4n) is 3.63. The highest BCUT2D eigenvalue weighted by Gasteiger charge is 2.32. The molecule has 4 rings (SSSR count). The number of anilines is 1. The lowest BCUT2D eigenvalue weighted by atomic mass is 10.1. The summed E-state index contributed by atoms with van der Waals surface area (Å²) in [5.74, 6) is -0.371. The van der Waals surface area contributed by atoms with Crippen molar-refractivity contribution in [2.24, 2.45) is 0 Å². The summed E-state index contributed by atoms with van der Waals surface area (Å²) in [5, 5.41) is 2.79. The quantitative estimate of drug-likeness (QED) is 0.504. The Bertz CT molecular complexity index is 1250. The van der Waals surface area contributed by atoms with Crippen LogP contribution in [-0.2, 0) is 24.1 Å². The smallest absolute Gasteiger partial charge is 0.416 e. The summed E-state index contributed by atoms with van der Waals surface area (Å²) in [6.07, 6.45) is -3.84. The third kappa shape index (κ3) is 5.14. The number of pyridine rings is 1. The normalized spacial score (nSPS) is 15.9. The van der Waals surface area contributed by atoms with Gasteiger partial charge in [0.1, 0.15) is 10.9 Å². The molecule has 1 aliphatic heterocycles. The minimum atomic E-state index is -4.48. The number of nitrogens with zero attached hydrogens (tertiary/aromatic N) is 2. The molecule has 2 amide bonds. The molecule has 0 saturated heterocycles. The fourth-order valence-corrected chi connectivity index (χ4v) is 3.84. The molecule has 0 fully saturated rings. The Kier molecular flexibility index (Phi) is 6.47. The van der Waals surface area contributed by atoms with E-state index in [1.165, 1.54) is 29.3 Å². The van der Waals surface area contributed by atoms with Gasteiger partial charge in [-0.2, -0.15) is 13.2 Å². The molecule has 176 valence electrons. The molecule has 34 heavy (non-hydrogen) atoms. The van der Waals surface area contributed by atoms with Crippen molar-refractivity contribution in [1.82, 2.24) is 9.88 Å². The number of rotatable bonds is 4. The van der Waals surface area contributed by atoms with Gasteiger partial charge in [0.25, 0.3) is 11.8 Å². The van der Waals surface area contributed by atoms with Crippen molar-refractivity contribution in [2.45, 2.75) is 32.3 Å². The topological polar surface area (TPSA) is 71.5 Å². The molecule has 1 aliphatic rings. The van der Waals surface area contributed by atoms with Gasteiger partial charge in [-0.1, -0.05) is 23.7 Å². The van der Waals surface area contributed by atoms with Gasteiger partial charge in [0.15, 0.2) is 6.10 Å². The molecule has 0 saturated carbocycles. The Morgan fingerprint density at radius 1 is 1.21 bits per heavy atom. The zero-order valence-corrected chi connectivity index (χ0v) is 18.7. The molecule has 0 radical (unpaired) electrons. The number of carbonyl (C=O) groups excluding carboxylic acids is 2. The van der Waals surface area contributed by atoms with Crippen LogP contribution in [0, 0.1) is 0 Å². The number of benzene rings is 2. The maximum absolute atomic E-state index is 13.1. The Labute approximate surface area is 198 Å². The van der Waals surface area contributed by atoms with Gasteiger partial charge in [0.05, 0.1) is 11.1 Å². The Balaban J connectivity index is 1.58. The van der Waals surface area contributed by atoms with Gasteiger partial charge in [-0.05, 0) is 55.0 Å². The standard InChI is InChI=1S/C24H19ClF3N3O3/c1-14-23(33)31(12-15-4-2-5-17(10-15)24(26,27)28)13-16-11-18(7-8-20(16)34-14)30-22(32)19-6-3-9-29-21(19)25/h2-11,14H,12-13H2,1H3,(H,30,32)/t14-/m1/s1. The van der Waals surface area contributed by atoms with Crippen molar-refractivity contribution in [3.8, 4) is 5.75 Å². The predicted octanol–water partition coefficient (Wildman–Crippen LogP) is 5.32. The largest absolute Gasteiger partial charge is 0.481 e. The first kappa shape index (κ1) is 23.6. The van der Waals surface area contributed by atoms with Crippen molar-refractivity contribution in [3.63, 3.8) is 0 Å². The minimum Gasteiger partial charge on any atom is -0.481 e. The number of hydrogen-bond donors (Lipinski definition) is 1. The van der Waals surface area contributed by atoms with E-state index in [9.17, 15) is 22.8 Å². The number of hydrogen-bond acceptors (Lipinski definition) is 4. The van der Waals surface area contributed by atoms with Gasteiger partial charge >= 0.3 is 6.18 Å². The van der Waals surface area contributed by atoms with Crippen LogP contribution in [0.15, 0.2) is 60.8 Å². The van der Waals surface area contributed by atoms with Gasteiger partial charge in [-0.15, -0.1) is 0 Å². The van der Waals surface area contributed by atoms with Crippen molar-refractivity contribution < 1.29 is 27.5 Å². The van der Waals surface area contributed by atoms with Crippen molar-refractivity contribution >= 4 is 29.1 Å². The van der Waals surface area contributed by atoms with Crippen LogP contribution in [-0.4, -0.2) is 27.8 Å². The predicted molar refractivity (Wildman–Crippen MR) is 119 cm³/mol. The second-order valence-corrected chi connectivity index (χ2v) is 8.13. The second-order valence-electron chi connectivity index (χ2n) is 7.77. The number of nitrogens with one attached hydrogen (secondary N) is 1. The van der Waals surface area contributed by atoms with Gasteiger partial charge < -0.3 is 15.0 Å². The first-order valence-electron chi connectivity index (χ1n) is 10.3. The minimum absolute atomic E-state index is 0.0300. The van der Waals surface area contributed by atoms with E-state index in [-0.39, 0.29) is 29.7 Å². The van der Waals surface area contributed by atoms with E-state index in [1.54, 1.807) is 31.2 Å². The van der Waals surface area contributed by atoms with E-state index in [1.807, 2.05) is 0 Å². The van der Waals surface area contributed by atoms with E-state index >= 15 is 0 Å². The SMILES string of the molecule is C[C@H]1Oc2ccc(NC(=O)c3cccnc3Cl)cc2CN(Cc2cccc(C(F)(F)F)c2)C1=O. The lowest BCUT2D eigenvalue weighted by Crippen LogP contribution is -2.37. The lowest BCUT2D eigenvalue weighted by molar-refractivity contribution is -0.138. The highest BCUT2D eigenvalue weighted by molar-refractivity contribution is 6.33. The van der Waals surface area contributed by atoms with Crippen LogP contribution < -0.4 is 10.1 Å². The fraction of sp³-hybridized carbons (Fsp3) is 0.208. The van der Waals surface area contributed by atoms with Gasteiger partial charge in [0, 0.05) is 30.5 Å². The monoisotopic (exact) mass is 489 g/mol. The van der Waals surface area contributed by atoms with E-state index in [4.69, 9.17) is 16.3 Å². The molecular formula is C24H19ClF3N3O3. The molecule has 6 nitrogen and oxygen atoms in total. The first-order chi connectivity index (χ1) is 16.1. The molecular weight excluding hydrogens is 471 g/mol. The van der Waals surface area contributed by atoms with Crippen LogP contribution in [0.1, 0.15) is 34.0 Å². The van der Waals surface area contributed by atoms with Crippen LogP contribution in [0.2, 0.25) is 5.15 Å². The zero-order valence-electron chi connectivity index (χ0n) is 17.9. The number of alkyl halides is 3. The summed E-state index contributed by atoms with van der Waals surface area (Å²) < 4.78 is 45.1. The molecule has 1 N–H and O–H groups in total. The van der Waals surface area contributed by atoms with E-state index in [0.717, 1.165) is 12.1 Å². The molecule has 1 aromatic heterocycles. The number of amides is 2. The average Bonchev–Trinajstić information content (AvgIpc) is 2.90. The maximum Gasteiger partial charge on any atom is 0.416 e. The number of carbonyl (C=O) groups is 2. The van der Waals surface area contributed by atoms with Crippen LogP contribution in [0.25, 0.3) is 0 Å². The Morgan fingerprint density at radius 2 is 2.00 bits per heavy atom. The first-order valence-corrected chi connectivity index (χ1v) is 10.7. The molecule has 1 atom stereocenters. The summed E-state index contributed by atoms with van der Waals surface area (Å²) in [6, 6.07) is 12.9. The van der Waals surface area contributed by atoms with Crippen molar-refractivity contribution in [2.75, 3.05) is 5.32 Å². The van der Waals surface area contributed by atoms with Crippen molar-refractivity contribution in [1.29, 1.82) is 0 Å². The molecule has 0 unspecified atom stereocenters. The Hall–Kier alpha value is -3.59. The summed E-state index contributed by atoms with van der Waals surface area (Å²) in [5.41, 5.74) is 0.795. The van der Waals surface area contributed by atoms with Gasteiger partial charge in [-0.25, -0.2) is 4.98 Å². The Morgan fingerprint density at radius 3 is 2.74 bits per heavy atom. The summed E-state index contributed by atoms with van der Waals surface area (Å²) in [7, 11) is 0. The zero-order chi connectivity index (χ0) is 24.5. The molecule has 0 aliphatic carbocycles. The molecule has 0 bridgehead atoms. The number of ether oxygens (including phenoxy) is 1. The maximum atomic E-state index is 13.1. The highest BCUT2D eigenvalue weighted by atomic mass is 35.5. The summed E-state index contributed by atoms with van der Waals surface area (Å²) >= 11 is 5.98. The summed E-state index contributed by atoms with van der Waals surface area (Å²) in [4.78, 5) is 30.8. The van der Waals surface area contributed by atoms with Crippen molar-refractivity contribution in [3.05, 3.63) is 88.2 Å². The third-order valence-corrected chi connectivity index (χ3v) is 5.58. The van der Waals surface area contributed by atoms with Crippen LogP contribution >= 0.6 is 11.6 Å². The van der Waals surface area contributed by atoms with Gasteiger partial charge in [0.2, 0.25) is 0 Å². The van der Waals surface area contributed by atoms with Gasteiger partial charge in [-0.3, -0.25) is 9.59 Å².